The number of hydrogen-bond acceptors (Lipinski definition) is 6. The quantitative estimate of drug-likeness (QED) is 0.648. The second-order valence-electron chi connectivity index (χ2n) is 5.65. The summed E-state index contributed by atoms with van der Waals surface area (Å²) in [5.74, 6) is 0.827. The monoisotopic (exact) mass is 368 g/mol. The average molecular weight is 368 g/mol. The van der Waals surface area contributed by atoms with Gasteiger partial charge < -0.3 is 9.47 Å². The van der Waals surface area contributed by atoms with E-state index in [1.165, 1.54) is 18.8 Å². The smallest absolute Gasteiger partial charge is 0.269 e. The predicted molar refractivity (Wildman–Crippen MR) is 102 cm³/mol. The number of hydrazine groups is 1. The third kappa shape index (κ3) is 3.55. The molecule has 0 spiro atoms. The number of nitrogens with one attached hydrogen (secondary N) is 2. The summed E-state index contributed by atoms with van der Waals surface area (Å²) in [6, 6.07) is 11.9. The van der Waals surface area contributed by atoms with E-state index in [1.54, 1.807) is 42.5 Å². The van der Waals surface area contributed by atoms with Gasteiger partial charge in [-0.2, -0.15) is 0 Å². The van der Waals surface area contributed by atoms with Crippen molar-refractivity contribution < 1.29 is 14.3 Å². The van der Waals surface area contributed by atoms with Crippen molar-refractivity contribution in [3.8, 4) is 11.5 Å². The molecule has 8 nitrogen and oxygen atoms in total. The number of rotatable bonds is 6. The Hall–Kier alpha value is -3.55. The zero-order valence-electron chi connectivity index (χ0n) is 15.3. The van der Waals surface area contributed by atoms with Crippen LogP contribution in [0.15, 0.2) is 47.3 Å². The van der Waals surface area contributed by atoms with E-state index < -0.39 is 5.91 Å². The van der Waals surface area contributed by atoms with Gasteiger partial charge in [0.25, 0.3) is 11.5 Å². The summed E-state index contributed by atoms with van der Waals surface area (Å²) in [5.41, 5.74) is 6.05. The van der Waals surface area contributed by atoms with E-state index >= 15 is 0 Å². The van der Waals surface area contributed by atoms with Crippen LogP contribution in [-0.2, 0) is 6.54 Å². The van der Waals surface area contributed by atoms with E-state index in [0.29, 0.717) is 34.5 Å². The van der Waals surface area contributed by atoms with Crippen molar-refractivity contribution in [2.24, 2.45) is 0 Å². The molecule has 0 saturated heterocycles. The lowest BCUT2D eigenvalue weighted by atomic mass is 10.2. The Bertz CT molecular complexity index is 1050. The summed E-state index contributed by atoms with van der Waals surface area (Å²) in [7, 11) is 3.02. The summed E-state index contributed by atoms with van der Waals surface area (Å²) in [6.45, 7) is 2.24. The number of benzene rings is 2. The van der Waals surface area contributed by atoms with Crippen molar-refractivity contribution in [1.29, 1.82) is 0 Å². The molecule has 1 amide bonds. The number of fused-ring (bicyclic) bond motifs is 1. The molecule has 140 valence electrons. The van der Waals surface area contributed by atoms with Crippen LogP contribution >= 0.6 is 0 Å². The summed E-state index contributed by atoms with van der Waals surface area (Å²) in [4.78, 5) is 29.5. The van der Waals surface area contributed by atoms with Gasteiger partial charge in [0.15, 0.2) is 11.5 Å². The van der Waals surface area contributed by atoms with E-state index in [-0.39, 0.29) is 11.5 Å². The highest BCUT2D eigenvalue weighted by Gasteiger charge is 2.13. The fourth-order valence-electron chi connectivity index (χ4n) is 2.72. The molecule has 3 rings (SSSR count). The van der Waals surface area contributed by atoms with Crippen molar-refractivity contribution in [3.05, 3.63) is 58.4 Å². The molecule has 3 aromatic rings. The normalized spacial score (nSPS) is 10.5. The van der Waals surface area contributed by atoms with Gasteiger partial charge in [-0.1, -0.05) is 12.1 Å². The molecule has 2 aromatic carbocycles. The number of carbonyl (C=O) groups is 1. The van der Waals surface area contributed by atoms with Gasteiger partial charge in [-0.25, -0.2) is 4.98 Å². The van der Waals surface area contributed by atoms with Crippen LogP contribution in [0, 0.1) is 0 Å². The van der Waals surface area contributed by atoms with E-state index in [4.69, 9.17) is 9.47 Å². The van der Waals surface area contributed by atoms with Gasteiger partial charge in [0.1, 0.15) is 0 Å². The van der Waals surface area contributed by atoms with E-state index in [2.05, 4.69) is 15.8 Å². The van der Waals surface area contributed by atoms with Gasteiger partial charge in [0.05, 0.1) is 25.1 Å². The maximum Gasteiger partial charge on any atom is 0.269 e. The van der Waals surface area contributed by atoms with Crippen molar-refractivity contribution >= 4 is 22.8 Å². The largest absolute Gasteiger partial charge is 0.493 e. The van der Waals surface area contributed by atoms with Crippen molar-refractivity contribution in [2.45, 2.75) is 13.5 Å². The van der Waals surface area contributed by atoms with E-state index in [0.717, 1.165) is 0 Å². The van der Waals surface area contributed by atoms with Gasteiger partial charge in [0.2, 0.25) is 5.95 Å². The highest BCUT2D eigenvalue weighted by molar-refractivity contribution is 5.95. The number of aromatic nitrogens is 2. The maximum absolute atomic E-state index is 12.6. The molecule has 27 heavy (non-hydrogen) atoms. The highest BCUT2D eigenvalue weighted by atomic mass is 16.5. The molecule has 1 aromatic heterocycles. The van der Waals surface area contributed by atoms with Crippen LogP contribution in [0.4, 0.5) is 5.95 Å². The van der Waals surface area contributed by atoms with E-state index in [1.807, 2.05) is 6.92 Å². The number of hydrogen-bond donors (Lipinski definition) is 2. The number of nitrogens with zero attached hydrogens (tertiary/aromatic N) is 2. The molecule has 8 heteroatoms. The number of para-hydroxylation sites is 1. The fourth-order valence-corrected chi connectivity index (χ4v) is 2.72. The topological polar surface area (TPSA) is 94.5 Å². The standard InChI is InChI=1S/C19H20N4O4/c1-4-23-18(25)13-7-5-6-8-14(13)20-19(23)22-21-17(24)12-9-10-15(26-2)16(11-12)27-3/h5-11H,4H2,1-3H3,(H,20,22)(H,21,24). The van der Waals surface area contributed by atoms with Crippen LogP contribution in [0.1, 0.15) is 17.3 Å². The molecule has 0 saturated carbocycles. The first-order chi connectivity index (χ1) is 13.1. The number of carbonyl (C=O) groups excluding carboxylic acids is 1. The third-order valence-corrected chi connectivity index (χ3v) is 4.11. The maximum atomic E-state index is 12.6. The molecule has 0 aliphatic rings. The van der Waals surface area contributed by atoms with Crippen LogP contribution in [0.5, 0.6) is 11.5 Å². The second-order valence-corrected chi connectivity index (χ2v) is 5.65. The lowest BCUT2D eigenvalue weighted by Gasteiger charge is -2.14. The Labute approximate surface area is 155 Å². The molecule has 0 unspecified atom stereocenters. The Kier molecular flexibility index (Phi) is 5.25. The van der Waals surface area contributed by atoms with Crippen LogP contribution in [0.25, 0.3) is 10.9 Å². The Morgan fingerprint density at radius 1 is 1.11 bits per heavy atom. The Balaban J connectivity index is 1.86. The molecule has 0 atom stereocenters. The van der Waals surface area contributed by atoms with Crippen LogP contribution in [0.2, 0.25) is 0 Å². The first-order valence-electron chi connectivity index (χ1n) is 8.37. The van der Waals surface area contributed by atoms with Crippen molar-refractivity contribution in [2.75, 3.05) is 19.6 Å². The van der Waals surface area contributed by atoms with Gasteiger partial charge in [-0.05, 0) is 37.3 Å². The van der Waals surface area contributed by atoms with Crippen molar-refractivity contribution in [3.63, 3.8) is 0 Å². The second kappa shape index (κ2) is 7.77. The number of amides is 1. The Morgan fingerprint density at radius 3 is 2.56 bits per heavy atom. The Morgan fingerprint density at radius 2 is 1.85 bits per heavy atom. The minimum absolute atomic E-state index is 0.175. The summed E-state index contributed by atoms with van der Waals surface area (Å²) in [5, 5.41) is 0.524. The number of ether oxygens (including phenoxy) is 2. The average Bonchev–Trinajstić information content (AvgIpc) is 2.71. The molecular weight excluding hydrogens is 348 g/mol. The zero-order chi connectivity index (χ0) is 19.4. The van der Waals surface area contributed by atoms with Crippen LogP contribution < -0.4 is 25.9 Å². The SMILES string of the molecule is CCn1c(NNC(=O)c2ccc(OC)c(OC)c2)nc2ccccc2c1=O. The first kappa shape index (κ1) is 18.2. The molecule has 0 aliphatic heterocycles. The minimum Gasteiger partial charge on any atom is -0.493 e. The van der Waals surface area contributed by atoms with Gasteiger partial charge >= 0.3 is 0 Å². The lowest BCUT2D eigenvalue weighted by Crippen LogP contribution is -2.34. The lowest BCUT2D eigenvalue weighted by molar-refractivity contribution is 0.0961. The number of anilines is 1. The highest BCUT2D eigenvalue weighted by Crippen LogP contribution is 2.27. The third-order valence-electron chi connectivity index (χ3n) is 4.11. The molecule has 0 radical (unpaired) electrons. The summed E-state index contributed by atoms with van der Waals surface area (Å²) in [6.07, 6.45) is 0. The minimum atomic E-state index is -0.402. The predicted octanol–water partition coefficient (Wildman–Crippen LogP) is 2.19. The van der Waals surface area contributed by atoms with Crippen molar-refractivity contribution in [1.82, 2.24) is 15.0 Å². The first-order valence-corrected chi connectivity index (χ1v) is 8.37. The molecule has 0 fully saturated rings. The van der Waals surface area contributed by atoms with Crippen LogP contribution in [-0.4, -0.2) is 29.7 Å². The van der Waals surface area contributed by atoms with Gasteiger partial charge in [0, 0.05) is 12.1 Å². The molecule has 2 N–H and O–H groups in total. The van der Waals surface area contributed by atoms with Crippen LogP contribution in [0.3, 0.4) is 0 Å². The van der Waals surface area contributed by atoms with E-state index in [9.17, 15) is 9.59 Å². The molecular formula is C19H20N4O4. The summed E-state index contributed by atoms with van der Waals surface area (Å²) < 4.78 is 11.8. The molecule has 0 aliphatic carbocycles. The number of methoxy groups -OCH3 is 2. The van der Waals surface area contributed by atoms with Gasteiger partial charge in [-0.3, -0.25) is 25.0 Å². The molecule has 1 heterocycles. The molecule has 0 bridgehead atoms. The zero-order valence-corrected chi connectivity index (χ0v) is 15.3. The fraction of sp³-hybridized carbons (Fsp3) is 0.211. The van der Waals surface area contributed by atoms with Gasteiger partial charge in [-0.15, -0.1) is 0 Å². The summed E-state index contributed by atoms with van der Waals surface area (Å²) >= 11 is 0.